The molecule has 0 radical (unpaired) electrons. The molecule has 0 bridgehead atoms. The van der Waals surface area contributed by atoms with Crippen molar-refractivity contribution in [2.75, 3.05) is 18.5 Å². The van der Waals surface area contributed by atoms with Crippen LogP contribution in [-0.4, -0.2) is 24.1 Å². The topological polar surface area (TPSA) is 80.4 Å². The fourth-order valence-corrected chi connectivity index (χ4v) is 2.10. The molecule has 1 amide bonds. The van der Waals surface area contributed by atoms with Crippen LogP contribution in [0.15, 0.2) is 35.3 Å². The highest BCUT2D eigenvalue weighted by atomic mass is 35.5. The van der Waals surface area contributed by atoms with Crippen molar-refractivity contribution in [2.24, 2.45) is 0 Å². The molecule has 6 nitrogen and oxygen atoms in total. The van der Waals surface area contributed by atoms with Crippen LogP contribution < -0.4 is 20.3 Å². The third-order valence-corrected chi connectivity index (χ3v) is 3.21. The van der Waals surface area contributed by atoms with Gasteiger partial charge in [0.1, 0.15) is 16.5 Å². The molecule has 0 aliphatic rings. The first-order valence-electron chi connectivity index (χ1n) is 7.14. The van der Waals surface area contributed by atoms with Crippen LogP contribution in [-0.2, 0) is 0 Å². The van der Waals surface area contributed by atoms with E-state index in [0.717, 1.165) is 0 Å². The van der Waals surface area contributed by atoms with Crippen LogP contribution in [0.3, 0.4) is 0 Å². The van der Waals surface area contributed by atoms with E-state index in [-0.39, 0.29) is 10.6 Å². The third kappa shape index (κ3) is 4.26. The van der Waals surface area contributed by atoms with E-state index in [1.807, 2.05) is 13.8 Å². The largest absolute Gasteiger partial charge is 0.494 e. The van der Waals surface area contributed by atoms with Crippen molar-refractivity contribution in [3.8, 4) is 11.5 Å². The fourth-order valence-electron chi connectivity index (χ4n) is 1.93. The Morgan fingerprint density at radius 3 is 2.61 bits per heavy atom. The van der Waals surface area contributed by atoms with Gasteiger partial charge in [0.05, 0.1) is 24.5 Å². The zero-order valence-corrected chi connectivity index (χ0v) is 13.6. The van der Waals surface area contributed by atoms with Crippen molar-refractivity contribution in [3.63, 3.8) is 0 Å². The second kappa shape index (κ2) is 7.69. The van der Waals surface area contributed by atoms with Gasteiger partial charge >= 0.3 is 0 Å². The van der Waals surface area contributed by atoms with Crippen molar-refractivity contribution in [2.45, 2.75) is 13.8 Å². The number of anilines is 1. The molecule has 0 unspecified atom stereocenters. The van der Waals surface area contributed by atoms with Crippen LogP contribution in [0.5, 0.6) is 11.5 Å². The van der Waals surface area contributed by atoms with Gasteiger partial charge in [0.25, 0.3) is 11.5 Å². The molecule has 0 atom stereocenters. The van der Waals surface area contributed by atoms with E-state index in [9.17, 15) is 9.59 Å². The fraction of sp³-hybridized carbons (Fsp3) is 0.250. The van der Waals surface area contributed by atoms with E-state index in [1.165, 1.54) is 12.3 Å². The molecule has 0 saturated carbocycles. The van der Waals surface area contributed by atoms with Crippen molar-refractivity contribution in [1.29, 1.82) is 0 Å². The number of carbonyl (C=O) groups excluding carboxylic acids is 1. The predicted molar refractivity (Wildman–Crippen MR) is 88.8 cm³/mol. The summed E-state index contributed by atoms with van der Waals surface area (Å²) >= 11 is 5.74. The van der Waals surface area contributed by atoms with Crippen LogP contribution in [0.2, 0.25) is 5.02 Å². The van der Waals surface area contributed by atoms with Crippen LogP contribution in [0, 0.1) is 0 Å². The molecule has 0 saturated heterocycles. The summed E-state index contributed by atoms with van der Waals surface area (Å²) in [7, 11) is 0. The quantitative estimate of drug-likeness (QED) is 0.849. The lowest BCUT2D eigenvalue weighted by atomic mass is 10.2. The molecule has 0 fully saturated rings. The minimum absolute atomic E-state index is 0.0502. The molecule has 122 valence electrons. The maximum absolute atomic E-state index is 12.3. The lowest BCUT2D eigenvalue weighted by Gasteiger charge is -2.13. The van der Waals surface area contributed by atoms with Gasteiger partial charge < -0.3 is 19.8 Å². The number of hydrogen-bond acceptors (Lipinski definition) is 4. The number of nitrogens with one attached hydrogen (secondary N) is 2. The number of aromatic amines is 1. The molecule has 1 aromatic heterocycles. The average Bonchev–Trinajstić information content (AvgIpc) is 2.53. The summed E-state index contributed by atoms with van der Waals surface area (Å²) < 4.78 is 10.9. The van der Waals surface area contributed by atoms with Gasteiger partial charge in [-0.25, -0.2) is 0 Å². The van der Waals surface area contributed by atoms with E-state index >= 15 is 0 Å². The minimum Gasteiger partial charge on any atom is -0.494 e. The van der Waals surface area contributed by atoms with E-state index in [1.54, 1.807) is 18.2 Å². The number of benzene rings is 1. The van der Waals surface area contributed by atoms with Crippen molar-refractivity contribution >= 4 is 23.2 Å². The van der Waals surface area contributed by atoms with E-state index in [2.05, 4.69) is 10.3 Å². The maximum Gasteiger partial charge on any atom is 0.266 e. The summed E-state index contributed by atoms with van der Waals surface area (Å²) in [6.45, 7) is 4.69. The van der Waals surface area contributed by atoms with E-state index in [4.69, 9.17) is 21.1 Å². The second-order valence-electron chi connectivity index (χ2n) is 4.54. The normalized spacial score (nSPS) is 10.2. The molecular weight excluding hydrogens is 320 g/mol. The monoisotopic (exact) mass is 336 g/mol. The zero-order chi connectivity index (χ0) is 16.8. The Kier molecular flexibility index (Phi) is 5.65. The predicted octanol–water partition coefficient (Wildman–Crippen LogP) is 3.08. The number of carbonyl (C=O) groups is 1. The van der Waals surface area contributed by atoms with E-state index < -0.39 is 11.5 Å². The third-order valence-electron chi connectivity index (χ3n) is 2.93. The molecule has 0 aliphatic heterocycles. The highest BCUT2D eigenvalue weighted by Crippen LogP contribution is 2.30. The molecular formula is C16H17ClN2O4. The Labute approximate surface area is 138 Å². The van der Waals surface area contributed by atoms with Crippen molar-refractivity contribution < 1.29 is 14.3 Å². The Bertz CT molecular complexity index is 758. The zero-order valence-electron chi connectivity index (χ0n) is 12.8. The lowest BCUT2D eigenvalue weighted by Crippen LogP contribution is -2.16. The minimum atomic E-state index is -0.448. The Morgan fingerprint density at radius 1 is 1.22 bits per heavy atom. The van der Waals surface area contributed by atoms with Gasteiger partial charge in [-0.2, -0.15) is 0 Å². The van der Waals surface area contributed by atoms with Gasteiger partial charge in [-0.15, -0.1) is 0 Å². The summed E-state index contributed by atoms with van der Waals surface area (Å²) in [6, 6.07) is 6.48. The number of halogens is 1. The Morgan fingerprint density at radius 2 is 1.96 bits per heavy atom. The van der Waals surface area contributed by atoms with Gasteiger partial charge in [0.2, 0.25) is 0 Å². The van der Waals surface area contributed by atoms with Gasteiger partial charge in [-0.3, -0.25) is 9.59 Å². The van der Waals surface area contributed by atoms with Crippen molar-refractivity contribution in [1.82, 2.24) is 4.98 Å². The summed E-state index contributed by atoms with van der Waals surface area (Å²) in [6.07, 6.45) is 1.30. The van der Waals surface area contributed by atoms with Gasteiger partial charge in [0, 0.05) is 12.3 Å². The first kappa shape index (κ1) is 16.9. The summed E-state index contributed by atoms with van der Waals surface area (Å²) in [5.41, 5.74) is 0.264. The number of amides is 1. The van der Waals surface area contributed by atoms with Gasteiger partial charge in [-0.05, 0) is 32.0 Å². The highest BCUT2D eigenvalue weighted by Gasteiger charge is 2.13. The molecule has 23 heavy (non-hydrogen) atoms. The molecule has 1 heterocycles. The molecule has 0 aliphatic carbocycles. The highest BCUT2D eigenvalue weighted by molar-refractivity contribution is 6.30. The number of H-pyrrole nitrogens is 1. The molecule has 0 spiro atoms. The van der Waals surface area contributed by atoms with Gasteiger partial charge in [-0.1, -0.05) is 11.6 Å². The van der Waals surface area contributed by atoms with E-state index in [0.29, 0.717) is 30.4 Å². The first-order valence-corrected chi connectivity index (χ1v) is 7.52. The first-order chi connectivity index (χ1) is 11.0. The lowest BCUT2D eigenvalue weighted by molar-refractivity contribution is 0.102. The summed E-state index contributed by atoms with van der Waals surface area (Å²) in [4.78, 5) is 26.0. The molecule has 1 aromatic carbocycles. The van der Waals surface area contributed by atoms with Crippen LogP contribution in [0.1, 0.15) is 24.2 Å². The second-order valence-corrected chi connectivity index (χ2v) is 4.95. The van der Waals surface area contributed by atoms with Crippen LogP contribution >= 0.6 is 11.6 Å². The Balaban J connectivity index is 2.28. The smallest absolute Gasteiger partial charge is 0.266 e. The molecule has 2 aromatic rings. The summed E-state index contributed by atoms with van der Waals surface area (Å²) in [5.74, 6) is 0.725. The standard InChI is InChI=1S/C16H17ClN2O4/c1-3-22-11-5-6-14(23-4-2)13(8-11)19-15(20)10-7-12(17)16(21)18-9-10/h5-9H,3-4H2,1-2H3,(H,18,21)(H,19,20). The molecule has 2 N–H and O–H groups in total. The van der Waals surface area contributed by atoms with Gasteiger partial charge in [0.15, 0.2) is 0 Å². The molecule has 2 rings (SSSR count). The summed E-state index contributed by atoms with van der Waals surface area (Å²) in [5, 5.41) is 2.68. The maximum atomic E-state index is 12.3. The number of aromatic nitrogens is 1. The molecule has 7 heteroatoms. The van der Waals surface area contributed by atoms with Crippen LogP contribution in [0.4, 0.5) is 5.69 Å². The number of rotatable bonds is 6. The average molecular weight is 337 g/mol. The van der Waals surface area contributed by atoms with Crippen molar-refractivity contribution in [3.05, 3.63) is 51.4 Å². The number of ether oxygens (including phenoxy) is 2. The van der Waals surface area contributed by atoms with Crippen LogP contribution in [0.25, 0.3) is 0 Å². The number of hydrogen-bond donors (Lipinski definition) is 2. The Hall–Kier alpha value is -2.47. The number of pyridine rings is 1. The SMILES string of the molecule is CCOc1ccc(OCC)c(NC(=O)c2c[nH]c(=O)c(Cl)c2)c1.